The Morgan fingerprint density at radius 2 is 1.85 bits per heavy atom. The maximum Gasteiger partial charge on any atom is 0.255 e. The topological polar surface area (TPSA) is 78.8 Å². The van der Waals surface area contributed by atoms with Gasteiger partial charge in [-0.05, 0) is 42.8 Å². The lowest BCUT2D eigenvalue weighted by atomic mass is 10.1. The summed E-state index contributed by atoms with van der Waals surface area (Å²) >= 11 is 0. The van der Waals surface area contributed by atoms with E-state index in [0.29, 0.717) is 11.4 Å². The molecule has 0 atom stereocenters. The van der Waals surface area contributed by atoms with Crippen LogP contribution in [-0.2, 0) is 0 Å². The number of ether oxygens (including phenoxy) is 1. The van der Waals surface area contributed by atoms with Crippen molar-refractivity contribution >= 4 is 11.6 Å². The summed E-state index contributed by atoms with van der Waals surface area (Å²) in [6.45, 7) is 1.84. The van der Waals surface area contributed by atoms with Gasteiger partial charge in [0.1, 0.15) is 5.75 Å². The van der Waals surface area contributed by atoms with Gasteiger partial charge in [-0.2, -0.15) is 0 Å². The number of amides is 1. The molecule has 0 spiro atoms. The van der Waals surface area contributed by atoms with Crippen LogP contribution >= 0.6 is 0 Å². The summed E-state index contributed by atoms with van der Waals surface area (Å²) in [6, 6.07) is 9.28. The molecule has 2 aromatic rings. The molecule has 3 N–H and O–H groups in total. The zero-order valence-electron chi connectivity index (χ0n) is 11.2. The van der Waals surface area contributed by atoms with E-state index in [0.717, 1.165) is 5.56 Å². The molecule has 5 heteroatoms. The number of carbonyl (C=O) groups is 1. The number of rotatable bonds is 3. The Hall–Kier alpha value is -2.69. The van der Waals surface area contributed by atoms with Gasteiger partial charge in [-0.15, -0.1) is 0 Å². The van der Waals surface area contributed by atoms with Gasteiger partial charge in [0.05, 0.1) is 12.8 Å². The van der Waals surface area contributed by atoms with E-state index in [1.165, 1.54) is 25.3 Å². The Balaban J connectivity index is 2.21. The lowest BCUT2D eigenvalue weighted by Gasteiger charge is -2.09. The fourth-order valence-electron chi connectivity index (χ4n) is 1.77. The van der Waals surface area contributed by atoms with Crippen molar-refractivity contribution in [2.75, 3.05) is 12.4 Å². The number of hydrogen-bond acceptors (Lipinski definition) is 4. The van der Waals surface area contributed by atoms with E-state index in [1.807, 2.05) is 6.92 Å². The van der Waals surface area contributed by atoms with E-state index in [4.69, 9.17) is 4.74 Å². The first-order valence-electron chi connectivity index (χ1n) is 5.99. The summed E-state index contributed by atoms with van der Waals surface area (Å²) < 4.78 is 4.91. The molecule has 2 rings (SSSR count). The van der Waals surface area contributed by atoms with Gasteiger partial charge in [-0.3, -0.25) is 4.79 Å². The minimum Gasteiger partial charge on any atom is -0.506 e. The van der Waals surface area contributed by atoms with E-state index >= 15 is 0 Å². The number of nitrogens with one attached hydrogen (secondary N) is 1. The number of aryl methyl sites for hydroxylation is 1. The number of phenols is 2. The van der Waals surface area contributed by atoms with Crippen LogP contribution in [0.2, 0.25) is 0 Å². The lowest BCUT2D eigenvalue weighted by Crippen LogP contribution is -2.12. The van der Waals surface area contributed by atoms with Gasteiger partial charge in [-0.1, -0.05) is 6.07 Å². The molecular formula is C15H15NO4. The third-order valence-corrected chi connectivity index (χ3v) is 2.84. The largest absolute Gasteiger partial charge is 0.506 e. The molecule has 0 bridgehead atoms. The van der Waals surface area contributed by atoms with E-state index in [9.17, 15) is 15.0 Å². The maximum absolute atomic E-state index is 12.0. The number of carbonyl (C=O) groups excluding carboxylic acids is 1. The zero-order valence-corrected chi connectivity index (χ0v) is 11.2. The first kappa shape index (κ1) is 13.7. The molecule has 0 aliphatic rings. The van der Waals surface area contributed by atoms with Gasteiger partial charge in [0.25, 0.3) is 5.91 Å². The molecule has 0 saturated carbocycles. The molecular weight excluding hydrogens is 258 g/mol. The minimum atomic E-state index is -0.429. The van der Waals surface area contributed by atoms with Crippen molar-refractivity contribution in [2.24, 2.45) is 0 Å². The van der Waals surface area contributed by atoms with Crippen molar-refractivity contribution in [1.29, 1.82) is 0 Å². The monoisotopic (exact) mass is 273 g/mol. The molecule has 0 aliphatic heterocycles. The van der Waals surface area contributed by atoms with Crippen molar-refractivity contribution in [3.63, 3.8) is 0 Å². The second-order valence-corrected chi connectivity index (χ2v) is 4.36. The van der Waals surface area contributed by atoms with Gasteiger partial charge in [0.2, 0.25) is 0 Å². The highest BCUT2D eigenvalue weighted by molar-refractivity contribution is 6.05. The molecule has 0 unspecified atom stereocenters. The quantitative estimate of drug-likeness (QED) is 0.751. The van der Waals surface area contributed by atoms with Crippen LogP contribution in [0.5, 0.6) is 17.2 Å². The van der Waals surface area contributed by atoms with Gasteiger partial charge < -0.3 is 20.3 Å². The Morgan fingerprint density at radius 1 is 1.10 bits per heavy atom. The summed E-state index contributed by atoms with van der Waals surface area (Å²) in [4.78, 5) is 12.0. The zero-order chi connectivity index (χ0) is 14.7. The smallest absolute Gasteiger partial charge is 0.255 e. The average Bonchev–Trinajstić information content (AvgIpc) is 2.41. The highest BCUT2D eigenvalue weighted by atomic mass is 16.5. The van der Waals surface area contributed by atoms with Crippen LogP contribution in [0.1, 0.15) is 15.9 Å². The van der Waals surface area contributed by atoms with Gasteiger partial charge >= 0.3 is 0 Å². The van der Waals surface area contributed by atoms with E-state index in [1.54, 1.807) is 18.2 Å². The predicted octanol–water partition coefficient (Wildman–Crippen LogP) is 2.67. The first-order valence-corrected chi connectivity index (χ1v) is 5.99. The summed E-state index contributed by atoms with van der Waals surface area (Å²) in [5.41, 5.74) is 1.47. The van der Waals surface area contributed by atoms with Crippen LogP contribution in [0.15, 0.2) is 36.4 Å². The van der Waals surface area contributed by atoms with Crippen LogP contribution < -0.4 is 10.1 Å². The molecule has 1 amide bonds. The molecule has 0 aromatic heterocycles. The Bertz CT molecular complexity index is 652. The van der Waals surface area contributed by atoms with Gasteiger partial charge in [0.15, 0.2) is 11.5 Å². The summed E-state index contributed by atoms with van der Waals surface area (Å²) in [5, 5.41) is 22.0. The average molecular weight is 273 g/mol. The lowest BCUT2D eigenvalue weighted by molar-refractivity contribution is 0.102. The number of hydrogen-bond donors (Lipinski definition) is 3. The maximum atomic E-state index is 12.0. The van der Waals surface area contributed by atoms with Crippen LogP contribution in [0.25, 0.3) is 0 Å². The molecule has 0 radical (unpaired) electrons. The number of aromatic hydroxyl groups is 2. The standard InChI is InChI=1S/C15H15NO4/c1-9-3-5-11(12(17)7-9)16-15(19)10-4-6-14(20-2)13(18)8-10/h3-8,17-18H,1-2H3,(H,16,19). The van der Waals surface area contributed by atoms with Crippen molar-refractivity contribution in [3.05, 3.63) is 47.5 Å². The predicted molar refractivity (Wildman–Crippen MR) is 75.5 cm³/mol. The van der Waals surface area contributed by atoms with Crippen LogP contribution in [-0.4, -0.2) is 23.2 Å². The first-order chi connectivity index (χ1) is 9.51. The van der Waals surface area contributed by atoms with E-state index in [2.05, 4.69) is 5.32 Å². The summed E-state index contributed by atoms with van der Waals surface area (Å²) in [6.07, 6.45) is 0. The Kier molecular flexibility index (Phi) is 3.79. The van der Waals surface area contributed by atoms with Crippen molar-refractivity contribution in [3.8, 4) is 17.2 Å². The Morgan fingerprint density at radius 3 is 2.45 bits per heavy atom. The molecule has 0 saturated heterocycles. The number of benzene rings is 2. The minimum absolute atomic E-state index is 0.00363. The van der Waals surface area contributed by atoms with Crippen molar-refractivity contribution in [2.45, 2.75) is 6.92 Å². The third-order valence-electron chi connectivity index (χ3n) is 2.84. The fourth-order valence-corrected chi connectivity index (χ4v) is 1.77. The number of anilines is 1. The molecule has 20 heavy (non-hydrogen) atoms. The van der Waals surface area contributed by atoms with Crippen molar-refractivity contribution < 1.29 is 19.7 Å². The van der Waals surface area contributed by atoms with E-state index in [-0.39, 0.29) is 17.1 Å². The van der Waals surface area contributed by atoms with Gasteiger partial charge in [-0.25, -0.2) is 0 Å². The second-order valence-electron chi connectivity index (χ2n) is 4.36. The highest BCUT2D eigenvalue weighted by Gasteiger charge is 2.11. The molecule has 104 valence electrons. The summed E-state index contributed by atoms with van der Waals surface area (Å²) in [7, 11) is 1.43. The molecule has 0 aliphatic carbocycles. The SMILES string of the molecule is COc1ccc(C(=O)Nc2ccc(C)cc2O)cc1O. The van der Waals surface area contributed by atoms with E-state index < -0.39 is 5.91 Å². The van der Waals surface area contributed by atoms with Crippen LogP contribution in [0.4, 0.5) is 5.69 Å². The molecule has 5 nitrogen and oxygen atoms in total. The summed E-state index contributed by atoms with van der Waals surface area (Å²) in [5.74, 6) is -0.258. The number of methoxy groups -OCH3 is 1. The molecule has 2 aromatic carbocycles. The van der Waals surface area contributed by atoms with Crippen molar-refractivity contribution in [1.82, 2.24) is 0 Å². The number of phenolic OH excluding ortho intramolecular Hbond substituents is 2. The molecule has 0 fully saturated rings. The fraction of sp³-hybridized carbons (Fsp3) is 0.133. The van der Waals surface area contributed by atoms with Gasteiger partial charge in [0, 0.05) is 5.56 Å². The normalized spacial score (nSPS) is 10.1. The third kappa shape index (κ3) is 2.83. The highest BCUT2D eigenvalue weighted by Crippen LogP contribution is 2.28. The molecule has 0 heterocycles. The Labute approximate surface area is 116 Å². The van der Waals surface area contributed by atoms with Crippen LogP contribution in [0, 0.1) is 6.92 Å². The van der Waals surface area contributed by atoms with Crippen LogP contribution in [0.3, 0.4) is 0 Å². The second kappa shape index (κ2) is 5.52.